The van der Waals surface area contributed by atoms with E-state index in [2.05, 4.69) is 4.99 Å². The zero-order valence-electron chi connectivity index (χ0n) is 24.6. The molecular formula is C33H30Cl2N2O6S. The summed E-state index contributed by atoms with van der Waals surface area (Å²) in [5.41, 5.74) is 2.57. The number of esters is 1. The largest absolute Gasteiger partial charge is 0.494 e. The Labute approximate surface area is 268 Å². The van der Waals surface area contributed by atoms with Gasteiger partial charge in [0.25, 0.3) is 5.56 Å². The van der Waals surface area contributed by atoms with Crippen molar-refractivity contribution in [1.29, 1.82) is 0 Å². The SMILES string of the molecule is CCOC(=O)C1=C(C)N=c2s/c(=C\c3cccc(OC)c3OCc3ccc(Cl)cc3Cl)c(=O)n2[C@H]1c1ccc(OCC)cc1. The molecule has 1 aliphatic heterocycles. The highest BCUT2D eigenvalue weighted by Crippen LogP contribution is 2.34. The number of hydrogen-bond donors (Lipinski definition) is 0. The average Bonchev–Trinajstić information content (AvgIpc) is 3.30. The highest BCUT2D eigenvalue weighted by atomic mass is 35.5. The number of rotatable bonds is 10. The second-order valence-corrected chi connectivity index (χ2v) is 11.6. The average molecular weight is 654 g/mol. The van der Waals surface area contributed by atoms with Gasteiger partial charge in [-0.1, -0.05) is 64.9 Å². The summed E-state index contributed by atoms with van der Waals surface area (Å²) in [6.45, 7) is 6.26. The number of ether oxygens (including phenoxy) is 4. The van der Waals surface area contributed by atoms with E-state index in [0.29, 0.717) is 60.1 Å². The fourth-order valence-electron chi connectivity index (χ4n) is 4.91. The third kappa shape index (κ3) is 6.40. The number of thiazole rings is 1. The van der Waals surface area contributed by atoms with Gasteiger partial charge in [0.2, 0.25) is 0 Å². The van der Waals surface area contributed by atoms with Gasteiger partial charge in [-0.15, -0.1) is 0 Å². The van der Waals surface area contributed by atoms with Crippen LogP contribution in [0.2, 0.25) is 10.0 Å². The van der Waals surface area contributed by atoms with Crippen molar-refractivity contribution in [2.75, 3.05) is 20.3 Å². The van der Waals surface area contributed by atoms with E-state index in [-0.39, 0.29) is 18.8 Å². The number of hydrogen-bond acceptors (Lipinski definition) is 8. The number of carbonyl (C=O) groups excluding carboxylic acids is 1. The first kappa shape index (κ1) is 31.4. The van der Waals surface area contributed by atoms with Crippen molar-refractivity contribution in [3.8, 4) is 17.2 Å². The van der Waals surface area contributed by atoms with Crippen molar-refractivity contribution in [2.45, 2.75) is 33.4 Å². The van der Waals surface area contributed by atoms with Gasteiger partial charge in [-0.05, 0) is 62.7 Å². The van der Waals surface area contributed by atoms with Gasteiger partial charge >= 0.3 is 5.97 Å². The summed E-state index contributed by atoms with van der Waals surface area (Å²) in [5, 5.41) is 1.00. The molecule has 5 rings (SSSR count). The number of para-hydroxylation sites is 1. The van der Waals surface area contributed by atoms with Crippen LogP contribution in [0.3, 0.4) is 0 Å². The normalized spacial score (nSPS) is 14.6. The van der Waals surface area contributed by atoms with Gasteiger partial charge in [0.05, 0.1) is 42.2 Å². The maximum Gasteiger partial charge on any atom is 0.338 e. The van der Waals surface area contributed by atoms with Crippen molar-refractivity contribution < 1.29 is 23.7 Å². The number of aromatic nitrogens is 1. The standard InChI is InChI=1S/C33H30Cl2N2O6S/c1-5-41-24-14-11-20(12-15-24)29-28(32(39)42-6-2)19(3)36-33-37(29)31(38)27(44-33)16-21-8-7-9-26(40-4)30(21)43-18-22-10-13-23(34)17-25(22)35/h7-17,29H,5-6,18H2,1-4H3/b27-16-/t29-/m0/s1. The molecule has 2 heterocycles. The zero-order valence-corrected chi connectivity index (χ0v) is 26.9. The van der Waals surface area contributed by atoms with Crippen LogP contribution in [0.1, 0.15) is 43.5 Å². The molecule has 0 aliphatic carbocycles. The molecule has 0 N–H and O–H groups in total. The Morgan fingerprint density at radius 2 is 1.82 bits per heavy atom. The number of halogens is 2. The molecule has 4 aromatic rings. The fourth-order valence-corrected chi connectivity index (χ4v) is 6.41. The van der Waals surface area contributed by atoms with Crippen molar-refractivity contribution in [1.82, 2.24) is 4.57 Å². The lowest BCUT2D eigenvalue weighted by molar-refractivity contribution is -0.139. The third-order valence-electron chi connectivity index (χ3n) is 6.93. The van der Waals surface area contributed by atoms with Gasteiger partial charge in [0.1, 0.15) is 12.4 Å². The summed E-state index contributed by atoms with van der Waals surface area (Å²) in [5.74, 6) is 1.10. The van der Waals surface area contributed by atoms with Crippen LogP contribution in [0.5, 0.6) is 17.2 Å². The first-order chi connectivity index (χ1) is 21.2. The molecule has 0 unspecified atom stereocenters. The first-order valence-corrected chi connectivity index (χ1v) is 15.5. The number of nitrogens with zero attached hydrogens (tertiary/aromatic N) is 2. The number of fused-ring (bicyclic) bond motifs is 1. The maximum atomic E-state index is 14.1. The molecule has 1 aliphatic rings. The summed E-state index contributed by atoms with van der Waals surface area (Å²) >= 11 is 13.6. The highest BCUT2D eigenvalue weighted by Gasteiger charge is 2.33. The summed E-state index contributed by atoms with van der Waals surface area (Å²) in [4.78, 5) is 32.4. The molecule has 3 aromatic carbocycles. The van der Waals surface area contributed by atoms with Crippen LogP contribution in [-0.2, 0) is 16.1 Å². The van der Waals surface area contributed by atoms with Crippen LogP contribution in [0, 0.1) is 0 Å². The van der Waals surface area contributed by atoms with Crippen LogP contribution in [-0.4, -0.2) is 30.9 Å². The van der Waals surface area contributed by atoms with E-state index in [1.807, 2.05) is 43.3 Å². The van der Waals surface area contributed by atoms with Crippen molar-refractivity contribution in [2.24, 2.45) is 4.99 Å². The van der Waals surface area contributed by atoms with E-state index in [9.17, 15) is 9.59 Å². The van der Waals surface area contributed by atoms with Gasteiger partial charge in [0.15, 0.2) is 16.3 Å². The number of benzene rings is 3. The van der Waals surface area contributed by atoms with Crippen molar-refractivity contribution in [3.05, 3.63) is 118 Å². The second-order valence-electron chi connectivity index (χ2n) is 9.71. The van der Waals surface area contributed by atoms with E-state index >= 15 is 0 Å². The molecule has 1 atom stereocenters. The fraction of sp³-hybridized carbons (Fsp3) is 0.242. The first-order valence-electron chi connectivity index (χ1n) is 13.9. The van der Waals surface area contributed by atoms with E-state index < -0.39 is 12.0 Å². The molecule has 8 nitrogen and oxygen atoms in total. The van der Waals surface area contributed by atoms with Gasteiger partial charge in [-0.3, -0.25) is 9.36 Å². The van der Waals surface area contributed by atoms with Crippen molar-refractivity contribution >= 4 is 46.6 Å². The van der Waals surface area contributed by atoms with E-state index in [1.54, 1.807) is 55.9 Å². The van der Waals surface area contributed by atoms with Crippen molar-refractivity contribution in [3.63, 3.8) is 0 Å². The molecule has 0 spiro atoms. The molecule has 1 aromatic heterocycles. The Hall–Kier alpha value is -4.05. The molecule has 44 heavy (non-hydrogen) atoms. The minimum absolute atomic E-state index is 0.151. The smallest absolute Gasteiger partial charge is 0.338 e. The predicted octanol–water partition coefficient (Wildman–Crippen LogP) is 6.09. The van der Waals surface area contributed by atoms with Gasteiger partial charge in [-0.2, -0.15) is 0 Å². The lowest BCUT2D eigenvalue weighted by Crippen LogP contribution is -2.39. The molecule has 11 heteroatoms. The van der Waals surface area contributed by atoms with Crippen LogP contribution in [0.4, 0.5) is 0 Å². The topological polar surface area (TPSA) is 88.4 Å². The maximum absolute atomic E-state index is 14.1. The number of allylic oxidation sites excluding steroid dienone is 1. The minimum atomic E-state index is -0.740. The Balaban J connectivity index is 1.62. The summed E-state index contributed by atoms with van der Waals surface area (Å²) in [6, 6.07) is 17.2. The molecule has 0 saturated carbocycles. The second kappa shape index (κ2) is 13.7. The third-order valence-corrected chi connectivity index (χ3v) is 8.50. The van der Waals surface area contributed by atoms with Gasteiger partial charge < -0.3 is 18.9 Å². The monoisotopic (exact) mass is 652 g/mol. The molecule has 0 saturated heterocycles. The molecule has 0 fully saturated rings. The minimum Gasteiger partial charge on any atom is -0.494 e. The summed E-state index contributed by atoms with van der Waals surface area (Å²) in [7, 11) is 1.55. The number of carbonyl (C=O) groups is 1. The Morgan fingerprint density at radius 1 is 1.05 bits per heavy atom. The van der Waals surface area contributed by atoms with E-state index in [4.69, 9.17) is 42.1 Å². The lowest BCUT2D eigenvalue weighted by atomic mass is 9.96. The van der Waals surface area contributed by atoms with Crippen LogP contribution in [0.25, 0.3) is 6.08 Å². The zero-order chi connectivity index (χ0) is 31.4. The van der Waals surface area contributed by atoms with Crippen LogP contribution in [0.15, 0.2) is 81.7 Å². The van der Waals surface area contributed by atoms with E-state index in [0.717, 1.165) is 11.1 Å². The quantitative estimate of drug-likeness (QED) is 0.193. The van der Waals surface area contributed by atoms with Gasteiger partial charge in [0, 0.05) is 21.2 Å². The molecule has 0 bridgehead atoms. The van der Waals surface area contributed by atoms with Crippen LogP contribution >= 0.6 is 34.5 Å². The Bertz CT molecular complexity index is 1910. The molecule has 0 radical (unpaired) electrons. The van der Waals surface area contributed by atoms with Gasteiger partial charge in [-0.25, -0.2) is 9.79 Å². The molecule has 228 valence electrons. The Morgan fingerprint density at radius 3 is 2.50 bits per heavy atom. The highest BCUT2D eigenvalue weighted by molar-refractivity contribution is 7.07. The summed E-state index contributed by atoms with van der Waals surface area (Å²) < 4.78 is 24.7. The van der Waals surface area contributed by atoms with E-state index in [1.165, 1.54) is 11.3 Å². The predicted molar refractivity (Wildman–Crippen MR) is 172 cm³/mol. The lowest BCUT2D eigenvalue weighted by Gasteiger charge is -2.24. The van der Waals surface area contributed by atoms with Crippen LogP contribution < -0.4 is 29.1 Å². The molecular weight excluding hydrogens is 623 g/mol. The number of methoxy groups -OCH3 is 1. The summed E-state index contributed by atoms with van der Waals surface area (Å²) in [6.07, 6.45) is 1.74. The Kier molecular flexibility index (Phi) is 9.78. The molecule has 0 amide bonds.